The first kappa shape index (κ1) is 28.3. The molecule has 0 aromatic heterocycles. The van der Waals surface area contributed by atoms with Crippen LogP contribution >= 0.6 is 0 Å². The number of anilines is 2. The normalized spacial score (nSPS) is 14.3. The smallest absolute Gasteiger partial charge is 0.423 e. The highest BCUT2D eigenvalue weighted by molar-refractivity contribution is 6.59. The summed E-state index contributed by atoms with van der Waals surface area (Å²) in [6.07, 6.45) is 0. The number of amides is 4. The van der Waals surface area contributed by atoms with Gasteiger partial charge in [-0.1, -0.05) is 48.5 Å². The predicted octanol–water partition coefficient (Wildman–Crippen LogP) is 2.70. The Bertz CT molecular complexity index is 2340. The number of hydrogen-bond acceptors (Lipinski definition) is 8. The molecule has 10 nitrogen and oxygen atoms in total. The van der Waals surface area contributed by atoms with Crippen molar-refractivity contribution in [3.8, 4) is 0 Å². The molecule has 12 heteroatoms. The lowest BCUT2D eigenvalue weighted by Gasteiger charge is -2.30. The molecule has 0 atom stereocenters. The molecule has 0 bridgehead atoms. The van der Waals surface area contributed by atoms with Crippen molar-refractivity contribution < 1.29 is 39.3 Å². The summed E-state index contributed by atoms with van der Waals surface area (Å²) in [5.74, 6) is -2.20. The van der Waals surface area contributed by atoms with Crippen molar-refractivity contribution in [1.82, 2.24) is 0 Å². The van der Waals surface area contributed by atoms with Crippen molar-refractivity contribution >= 4 is 103 Å². The Morgan fingerprint density at radius 1 is 0.396 bits per heavy atom. The number of nitrogens with zero attached hydrogens (tertiary/aromatic N) is 2. The van der Waals surface area contributed by atoms with Gasteiger partial charge in [0.25, 0.3) is 23.6 Å². The molecule has 0 unspecified atom stereocenters. The maximum absolute atomic E-state index is 13.9. The Balaban J connectivity index is 1.26. The van der Waals surface area contributed by atoms with Gasteiger partial charge in [0.15, 0.2) is 0 Å². The minimum atomic E-state index is -1.78. The van der Waals surface area contributed by atoms with Crippen molar-refractivity contribution in [2.45, 2.75) is 0 Å². The molecule has 0 aliphatic carbocycles. The number of carbonyl (C=O) groups is 4. The molecular weight excluding hydrogens is 610 g/mol. The monoisotopic (exact) mass is 630 g/mol. The molecule has 228 valence electrons. The second-order valence-electron chi connectivity index (χ2n) is 12.0. The van der Waals surface area contributed by atoms with Gasteiger partial charge in [0.2, 0.25) is 0 Å². The van der Waals surface area contributed by atoms with E-state index in [-0.39, 0.29) is 22.3 Å². The second-order valence-corrected chi connectivity index (χ2v) is 12.0. The quantitative estimate of drug-likeness (QED) is 0.100. The Kier molecular flexibility index (Phi) is 5.78. The van der Waals surface area contributed by atoms with Gasteiger partial charge in [-0.15, -0.1) is 0 Å². The van der Waals surface area contributed by atoms with E-state index in [0.29, 0.717) is 43.8 Å². The first-order chi connectivity index (χ1) is 23.2. The van der Waals surface area contributed by atoms with Crippen LogP contribution in [0.5, 0.6) is 0 Å². The minimum Gasteiger partial charge on any atom is -0.423 e. The van der Waals surface area contributed by atoms with E-state index in [0.717, 1.165) is 31.3 Å². The first-order valence-corrected chi connectivity index (χ1v) is 15.1. The molecule has 0 spiro atoms. The van der Waals surface area contributed by atoms with Gasteiger partial charge in [-0.05, 0) is 91.8 Å². The van der Waals surface area contributed by atoms with E-state index in [1.54, 1.807) is 48.5 Å². The second kappa shape index (κ2) is 9.80. The van der Waals surface area contributed by atoms with Crippen LogP contribution in [0.25, 0.3) is 43.1 Å². The van der Waals surface area contributed by atoms with Crippen LogP contribution in [0, 0.1) is 0 Å². The van der Waals surface area contributed by atoms with Crippen LogP contribution in [0.1, 0.15) is 41.4 Å². The van der Waals surface area contributed by atoms with E-state index >= 15 is 0 Å². The third-order valence-electron chi connectivity index (χ3n) is 9.49. The molecular formula is C36H20B2N2O8. The Labute approximate surface area is 271 Å². The van der Waals surface area contributed by atoms with Gasteiger partial charge in [0, 0.05) is 33.0 Å². The Morgan fingerprint density at radius 2 is 0.708 bits per heavy atom. The van der Waals surface area contributed by atoms with E-state index < -0.39 is 37.9 Å². The SMILES string of the molecule is O=C1c2ccc3c4ccc5c6c(ccc(c7ccc(c2c37)C(=O)N1c1cccc(B(O)O)c1)c64)C(=O)N(c1cccc(B(O)O)c1)C5=O. The largest absolute Gasteiger partial charge is 0.488 e. The van der Waals surface area contributed by atoms with Gasteiger partial charge >= 0.3 is 14.2 Å². The zero-order valence-corrected chi connectivity index (χ0v) is 24.7. The number of rotatable bonds is 4. The Hall–Kier alpha value is -5.91. The number of hydrogen-bond donors (Lipinski definition) is 4. The van der Waals surface area contributed by atoms with Crippen molar-refractivity contribution in [1.29, 1.82) is 0 Å². The maximum atomic E-state index is 13.9. The van der Waals surface area contributed by atoms with E-state index in [1.165, 1.54) is 24.3 Å². The molecule has 2 heterocycles. The molecule has 0 saturated heterocycles. The zero-order chi connectivity index (χ0) is 33.2. The molecule has 4 N–H and O–H groups in total. The fourth-order valence-corrected chi connectivity index (χ4v) is 7.39. The summed E-state index contributed by atoms with van der Waals surface area (Å²) in [5, 5.41) is 44.1. The van der Waals surface area contributed by atoms with Crippen LogP contribution in [0.15, 0.2) is 97.1 Å². The van der Waals surface area contributed by atoms with Gasteiger partial charge in [-0.3, -0.25) is 19.2 Å². The van der Waals surface area contributed by atoms with Gasteiger partial charge in [-0.2, -0.15) is 0 Å². The topological polar surface area (TPSA) is 156 Å². The number of carbonyl (C=O) groups excluding carboxylic acids is 4. The van der Waals surface area contributed by atoms with Crippen molar-refractivity contribution in [2.24, 2.45) is 0 Å². The lowest BCUT2D eigenvalue weighted by atomic mass is 9.79. The third kappa shape index (κ3) is 3.62. The van der Waals surface area contributed by atoms with Crippen LogP contribution in [0.3, 0.4) is 0 Å². The summed E-state index contributed by atoms with van der Waals surface area (Å²) in [5.41, 5.74) is 1.94. The van der Waals surface area contributed by atoms with Crippen LogP contribution in [0.4, 0.5) is 11.4 Å². The summed E-state index contributed by atoms with van der Waals surface area (Å²) in [4.78, 5) is 57.9. The van der Waals surface area contributed by atoms with Crippen molar-refractivity contribution in [3.63, 3.8) is 0 Å². The average molecular weight is 630 g/mol. The predicted molar refractivity (Wildman–Crippen MR) is 182 cm³/mol. The highest BCUT2D eigenvalue weighted by Crippen LogP contribution is 2.46. The molecule has 4 amide bonds. The van der Waals surface area contributed by atoms with Crippen molar-refractivity contribution in [3.05, 3.63) is 119 Å². The van der Waals surface area contributed by atoms with E-state index in [1.807, 2.05) is 24.3 Å². The summed E-state index contributed by atoms with van der Waals surface area (Å²) in [7, 11) is -3.55. The molecule has 9 rings (SSSR count). The van der Waals surface area contributed by atoms with Crippen LogP contribution in [0.2, 0.25) is 0 Å². The summed E-state index contributed by atoms with van der Waals surface area (Å²) < 4.78 is 0. The van der Waals surface area contributed by atoms with Gasteiger partial charge in [0.1, 0.15) is 0 Å². The highest BCUT2D eigenvalue weighted by Gasteiger charge is 2.38. The van der Waals surface area contributed by atoms with E-state index in [4.69, 9.17) is 0 Å². The Morgan fingerprint density at radius 3 is 1.00 bits per heavy atom. The molecule has 7 aromatic rings. The fraction of sp³-hybridized carbons (Fsp3) is 0. The van der Waals surface area contributed by atoms with E-state index in [2.05, 4.69) is 0 Å². The number of imide groups is 2. The molecule has 0 fully saturated rings. The summed E-state index contributed by atoms with van der Waals surface area (Å²) in [6, 6.07) is 25.8. The van der Waals surface area contributed by atoms with Crippen LogP contribution in [-0.2, 0) is 0 Å². The van der Waals surface area contributed by atoms with Crippen LogP contribution in [-0.4, -0.2) is 58.0 Å². The molecule has 48 heavy (non-hydrogen) atoms. The highest BCUT2D eigenvalue weighted by atomic mass is 16.4. The van der Waals surface area contributed by atoms with Crippen molar-refractivity contribution in [2.75, 3.05) is 9.80 Å². The fourth-order valence-electron chi connectivity index (χ4n) is 7.39. The summed E-state index contributed by atoms with van der Waals surface area (Å²) >= 11 is 0. The first-order valence-electron chi connectivity index (χ1n) is 15.1. The number of fused-ring (bicyclic) bond motifs is 2. The van der Waals surface area contributed by atoms with E-state index in [9.17, 15) is 39.3 Å². The minimum absolute atomic E-state index is 0.137. The maximum Gasteiger partial charge on any atom is 0.488 e. The zero-order valence-electron chi connectivity index (χ0n) is 24.7. The third-order valence-corrected chi connectivity index (χ3v) is 9.49. The van der Waals surface area contributed by atoms with Crippen LogP contribution < -0.4 is 20.7 Å². The lowest BCUT2D eigenvalue weighted by molar-refractivity contribution is 0.0877. The van der Waals surface area contributed by atoms with Gasteiger partial charge in [-0.25, -0.2) is 9.80 Å². The van der Waals surface area contributed by atoms with Gasteiger partial charge < -0.3 is 20.1 Å². The average Bonchev–Trinajstić information content (AvgIpc) is 3.09. The molecule has 7 aromatic carbocycles. The lowest BCUT2D eigenvalue weighted by Crippen LogP contribution is -2.41. The molecule has 0 radical (unpaired) electrons. The van der Waals surface area contributed by atoms with Gasteiger partial charge in [0.05, 0.1) is 11.4 Å². The number of benzene rings is 7. The molecule has 2 aliphatic rings. The standard InChI is InChI=1S/C36H20B2N2O8/c41-33-25-11-7-21-23-9-13-27-32-28(36(44)40(35(27)43)20-6-2-4-18(16-20)38(47)48)14-10-24(30(23)32)22-8-12-26(31(25)29(21)22)34(42)39(33)19-5-1-3-17(15-19)37(45)46/h1-16,45-48H. The summed E-state index contributed by atoms with van der Waals surface area (Å²) in [6.45, 7) is 0. The molecule has 0 saturated carbocycles. The molecule has 2 aliphatic heterocycles.